The number of esters is 2. The molecule has 786 valence electrons. The van der Waals surface area contributed by atoms with Crippen molar-refractivity contribution in [2.45, 2.75) is 245 Å². The Labute approximate surface area is 830 Å². The highest BCUT2D eigenvalue weighted by molar-refractivity contribution is 9.10. The highest BCUT2D eigenvalue weighted by atomic mass is 79.9. The summed E-state index contributed by atoms with van der Waals surface area (Å²) >= 11 is 3.18. The summed E-state index contributed by atoms with van der Waals surface area (Å²) in [7, 11) is 0. The molecule has 0 saturated carbocycles. The summed E-state index contributed by atoms with van der Waals surface area (Å²) < 4.78 is 247. The zero-order valence-electron chi connectivity index (χ0n) is 81.4. The van der Waals surface area contributed by atoms with Gasteiger partial charge in [-0.05, 0) is 252 Å². The molecule has 0 spiro atoms. The van der Waals surface area contributed by atoms with E-state index in [-0.39, 0.29) is 148 Å². The quantitative estimate of drug-likeness (QED) is 0.0246. The molecule has 5 heterocycles. The lowest BCUT2D eigenvalue weighted by atomic mass is 9.91. The van der Waals surface area contributed by atoms with Gasteiger partial charge in [0.05, 0.1) is 71.8 Å². The van der Waals surface area contributed by atoms with Crippen molar-refractivity contribution in [2.75, 3.05) is 91.9 Å². The third kappa shape index (κ3) is 40.2. The van der Waals surface area contributed by atoms with Gasteiger partial charge in [-0.1, -0.05) is 84.9 Å². The van der Waals surface area contributed by atoms with Gasteiger partial charge >= 0.3 is 67.2 Å². The van der Waals surface area contributed by atoms with Crippen LogP contribution in [0.25, 0.3) is 0 Å². The molecular formula is C101H124BrClF15N5O19. The lowest BCUT2D eigenvalue weighted by Crippen LogP contribution is -2.38. The molecule has 0 radical (unpaired) electrons. The molecule has 5 aliphatic heterocycles. The van der Waals surface area contributed by atoms with Gasteiger partial charge in [0.25, 0.3) is 0 Å². The summed E-state index contributed by atoms with van der Waals surface area (Å²) in [5.74, 6) is -0.735. The van der Waals surface area contributed by atoms with E-state index in [4.69, 9.17) is 47.4 Å². The Balaban J connectivity index is 0.000000265. The SMILES string of the molecule is CC(C)(C)OC(=O)N1CCC(=O)C1.CC(C)(C)OC(=O)N1CCC(O)(c2ccc(C(F)(F)F)cc2OCc2ccccc2)C1.CC(C)(C)OC(=O)N1CCC(c2ccc(C(F)(F)F)cc2O)C1.CCOC(=O)CCCOc1cc(C(F)(F)F)ccc1C1CCN(C(=O)OC(C)(C)C)C1.CCOC(=O)CCCOc1cc(C(F)(F)F)ccc1C1CCNC1.Cl.FC(F)(F)c1ccc(Br)c(OCc2ccccc2)c1. The van der Waals surface area contributed by atoms with Gasteiger partial charge < -0.3 is 82.5 Å². The van der Waals surface area contributed by atoms with Crippen molar-refractivity contribution < 1.29 is 157 Å². The molecular weight excluding hydrogens is 1990 g/mol. The monoisotopic (exact) mass is 2110 g/mol. The van der Waals surface area contributed by atoms with Gasteiger partial charge in [0, 0.05) is 88.4 Å². The molecule has 0 aliphatic carbocycles. The number of hydrogen-bond donors (Lipinski definition) is 3. The molecule has 41 heteroatoms. The number of ether oxygens (including phenoxy) is 10. The van der Waals surface area contributed by atoms with E-state index in [2.05, 4.69) is 21.2 Å². The Morgan fingerprint density at radius 3 is 1.18 bits per heavy atom. The second-order valence-corrected chi connectivity index (χ2v) is 38.4. The molecule has 0 bridgehead atoms. The first-order chi connectivity index (χ1) is 65.5. The zero-order valence-corrected chi connectivity index (χ0v) is 83.8. The van der Waals surface area contributed by atoms with Crippen LogP contribution in [0.4, 0.5) is 85.0 Å². The molecule has 3 N–H and O–H groups in total. The fourth-order valence-electron chi connectivity index (χ4n) is 14.7. The highest BCUT2D eigenvalue weighted by Gasteiger charge is 2.46. The van der Waals surface area contributed by atoms with E-state index in [1.54, 1.807) is 105 Å². The second-order valence-electron chi connectivity index (χ2n) is 37.6. The average Bonchev–Trinajstić information content (AvgIpc) is 1.59. The van der Waals surface area contributed by atoms with E-state index in [1.807, 2.05) is 57.2 Å². The van der Waals surface area contributed by atoms with E-state index in [0.29, 0.717) is 87.0 Å². The summed E-state index contributed by atoms with van der Waals surface area (Å²) in [6.45, 7) is 29.7. The Bertz CT molecular complexity index is 5260. The molecule has 12 rings (SSSR count). The molecule has 142 heavy (non-hydrogen) atoms. The number of aromatic hydroxyl groups is 1. The van der Waals surface area contributed by atoms with Crippen molar-refractivity contribution in [1.29, 1.82) is 0 Å². The summed E-state index contributed by atoms with van der Waals surface area (Å²) in [5.41, 5.74) is -4.29. The van der Waals surface area contributed by atoms with E-state index in [0.717, 1.165) is 96.9 Å². The smallest absolute Gasteiger partial charge is 0.416 e. The highest BCUT2D eigenvalue weighted by Crippen LogP contribution is 2.46. The van der Waals surface area contributed by atoms with E-state index < -0.39 is 117 Å². The maximum atomic E-state index is 13.3. The van der Waals surface area contributed by atoms with Crippen LogP contribution in [0.1, 0.15) is 234 Å². The number of phenolic OH excluding ortho intramolecular Hbond substituents is 1. The van der Waals surface area contributed by atoms with Gasteiger partial charge in [-0.25, -0.2) is 19.2 Å². The molecule has 24 nitrogen and oxygen atoms in total. The molecule has 4 atom stereocenters. The van der Waals surface area contributed by atoms with Crippen LogP contribution in [-0.4, -0.2) is 186 Å². The number of carbonyl (C=O) groups is 7. The number of Topliss-reactive ketones (excluding diaryl/α,β-unsaturated/α-hetero) is 1. The van der Waals surface area contributed by atoms with Crippen LogP contribution < -0.4 is 24.3 Å². The van der Waals surface area contributed by atoms with Crippen molar-refractivity contribution in [3.8, 4) is 28.7 Å². The lowest BCUT2D eigenvalue weighted by Gasteiger charge is -2.28. The maximum Gasteiger partial charge on any atom is 0.416 e. The Morgan fingerprint density at radius 2 is 0.796 bits per heavy atom. The van der Waals surface area contributed by atoms with Crippen molar-refractivity contribution in [3.63, 3.8) is 0 Å². The van der Waals surface area contributed by atoms with Crippen molar-refractivity contribution in [3.05, 3.63) is 217 Å². The van der Waals surface area contributed by atoms with Crippen LogP contribution in [0.2, 0.25) is 0 Å². The number of amides is 4. The van der Waals surface area contributed by atoms with Gasteiger partial charge in [0.15, 0.2) is 5.78 Å². The first-order valence-electron chi connectivity index (χ1n) is 45.7. The number of nitrogens with one attached hydrogen (secondary N) is 1. The molecule has 4 amide bonds. The summed E-state index contributed by atoms with van der Waals surface area (Å²) in [6.07, 6.45) is -20.5. The lowest BCUT2D eigenvalue weighted by molar-refractivity contribution is -0.144. The molecule has 5 aliphatic rings. The van der Waals surface area contributed by atoms with Gasteiger partial charge in [-0.3, -0.25) is 14.4 Å². The Hall–Kier alpha value is -11.1. The minimum Gasteiger partial charge on any atom is -0.508 e. The molecule has 5 saturated heterocycles. The second kappa shape index (κ2) is 52.4. The Morgan fingerprint density at radius 1 is 0.430 bits per heavy atom. The van der Waals surface area contributed by atoms with Crippen molar-refractivity contribution >= 4 is 70.4 Å². The number of nitrogens with zero attached hydrogens (tertiary/aromatic N) is 4. The third-order valence-electron chi connectivity index (χ3n) is 21.4. The van der Waals surface area contributed by atoms with E-state index >= 15 is 0 Å². The minimum absolute atomic E-state index is 0. The summed E-state index contributed by atoms with van der Waals surface area (Å²) in [6, 6.07) is 34.7. The molecule has 4 unspecified atom stereocenters. The predicted octanol–water partition coefficient (Wildman–Crippen LogP) is 24.6. The van der Waals surface area contributed by atoms with Crippen LogP contribution in [0.3, 0.4) is 0 Å². The van der Waals surface area contributed by atoms with Gasteiger partial charge in [0.1, 0.15) is 70.0 Å². The van der Waals surface area contributed by atoms with Crippen LogP contribution in [0, 0.1) is 0 Å². The van der Waals surface area contributed by atoms with Crippen LogP contribution in [0.15, 0.2) is 156 Å². The third-order valence-corrected chi connectivity index (χ3v) is 22.1. The van der Waals surface area contributed by atoms with E-state index in [1.165, 1.54) is 45.0 Å². The van der Waals surface area contributed by atoms with Crippen LogP contribution in [-0.2, 0) is 92.5 Å². The largest absolute Gasteiger partial charge is 0.508 e. The van der Waals surface area contributed by atoms with Crippen LogP contribution >= 0.6 is 28.3 Å². The first kappa shape index (κ1) is 120. The number of ketones is 1. The first-order valence-corrected chi connectivity index (χ1v) is 46.5. The molecule has 5 fully saturated rings. The number of carbonyl (C=O) groups excluding carboxylic acids is 7. The maximum absolute atomic E-state index is 13.3. The summed E-state index contributed by atoms with van der Waals surface area (Å²) in [4.78, 5) is 87.5. The number of hydrogen-bond acceptors (Lipinski definition) is 20. The van der Waals surface area contributed by atoms with Crippen LogP contribution in [0.5, 0.6) is 28.7 Å². The van der Waals surface area contributed by atoms with Gasteiger partial charge in [-0.2, -0.15) is 65.9 Å². The normalized spacial score (nSPS) is 17.1. The molecule has 0 aromatic heterocycles. The number of benzene rings is 7. The molecule has 7 aromatic carbocycles. The predicted molar refractivity (Wildman–Crippen MR) is 502 cm³/mol. The van der Waals surface area contributed by atoms with Gasteiger partial charge in [-0.15, -0.1) is 12.4 Å². The fraction of sp³-hybridized carbons (Fsp3) is 0.515. The van der Waals surface area contributed by atoms with E-state index in [9.17, 15) is 110 Å². The Kier molecular flexibility index (Phi) is 44.1. The standard InChI is InChI=1S/C23H26F3NO4.C22H30F3NO5.C17H22F3NO3.C16H20F3NO3.C14H10BrF3O.C9H15NO3.ClH/c1-21(2,3)31-20(28)27-12-11-22(29,15-27)18-10-9-17(23(24,25)26)13-19(18)30-14-16-7-5-4-6-8-16;1-5-29-19(27)7-6-12-30-18-13-16(22(23,24)25)8-9-17(18)15-10-11-26(14-15)20(28)31-21(2,3)4;1-2-23-16(22)4-3-9-24-15-10-13(17(18,19)20)5-6-14(15)12-7-8-21-11-12;1-15(2,3)23-14(22)20-7-6-10(9-20)12-5-4-11(8-13(12)21)16(17,18)19;15-12-7-6-11(14(16,17)18)8-13(12)19-9-10-4-2-1-3-5-10;1-9(2,3)13-8(12)10-5-4-7(11)6-10;/h4-10,13,29H,11-12,14-15H2,1-3H3;8-9,13,15H,5-7,10-12,14H2,1-4H3;5-6,10,12,21H,2-4,7-9,11H2,1H3;4-5,8,10,21H,6-7,9H2,1-3H3;1-8H,9H2;4-6H2,1-3H3;1H. The van der Waals surface area contributed by atoms with Crippen molar-refractivity contribution in [2.24, 2.45) is 0 Å². The zero-order chi connectivity index (χ0) is 105. The van der Waals surface area contributed by atoms with Crippen molar-refractivity contribution in [1.82, 2.24) is 24.9 Å². The fourth-order valence-corrected chi connectivity index (χ4v) is 15.0. The number of aliphatic hydroxyl groups is 1. The number of rotatable bonds is 22. The number of β-amino-alcohol motifs (C(OH)–C–C–N with tert-alkyl or cyclic N) is 1. The number of halogens is 17. The number of phenols is 1. The topological polar surface area (TPSA) is 277 Å². The summed E-state index contributed by atoms with van der Waals surface area (Å²) in [5, 5.41) is 24.3. The number of likely N-dealkylation sites (tertiary alicyclic amines) is 4. The molecule has 7 aromatic rings. The average molecular weight is 2110 g/mol. The minimum atomic E-state index is -4.55. The number of alkyl halides is 15. The van der Waals surface area contributed by atoms with Gasteiger partial charge in [0.2, 0.25) is 0 Å².